The van der Waals surface area contributed by atoms with Crippen molar-refractivity contribution >= 4 is 17.4 Å². The molecule has 3 aromatic rings. The van der Waals surface area contributed by atoms with Gasteiger partial charge in [0.05, 0.1) is 6.04 Å². The molecule has 3 heterocycles. The molecular weight excluding hydrogens is 425 g/mol. The molecule has 0 bridgehead atoms. The molecule has 5 rings (SSSR count). The number of aromatic nitrogens is 2. The van der Waals surface area contributed by atoms with Gasteiger partial charge in [-0.15, -0.1) is 0 Å². The number of aryl methyl sites for hydroxylation is 1. The largest absolute Gasteiger partial charge is 0.454 e. The lowest BCUT2D eigenvalue weighted by Crippen LogP contribution is -2.35. The first-order chi connectivity index (χ1) is 15.3. The van der Waals surface area contributed by atoms with Crippen molar-refractivity contribution in [2.24, 2.45) is 0 Å². The highest BCUT2D eigenvalue weighted by Crippen LogP contribution is 2.45. The van der Waals surface area contributed by atoms with Crippen LogP contribution in [-0.2, 0) is 0 Å². The van der Waals surface area contributed by atoms with E-state index in [2.05, 4.69) is 15.7 Å². The Morgan fingerprint density at radius 3 is 2.72 bits per heavy atom. The van der Waals surface area contributed by atoms with E-state index < -0.39 is 24.2 Å². The minimum Gasteiger partial charge on any atom is -0.454 e. The number of nitrogens with zero attached hydrogens (tertiary/aromatic N) is 2. The number of carbonyl (C=O) groups excluding carboxylic acids is 1. The summed E-state index contributed by atoms with van der Waals surface area (Å²) in [7, 11) is 0. The fourth-order valence-corrected chi connectivity index (χ4v) is 3.93. The zero-order valence-electron chi connectivity index (χ0n) is 16.9. The predicted molar refractivity (Wildman–Crippen MR) is 110 cm³/mol. The van der Waals surface area contributed by atoms with Crippen LogP contribution in [0, 0.1) is 6.92 Å². The van der Waals surface area contributed by atoms with E-state index >= 15 is 0 Å². The van der Waals surface area contributed by atoms with Crippen molar-refractivity contribution in [2.45, 2.75) is 31.6 Å². The standard InChI is InChI=1S/C22H19F3N4O3/c1-12-4-2-3-5-14(12)27-21(30)16-10-20-26-15(9-19(22(23,24)25)29(20)28-16)13-6-7-17-18(8-13)32-11-31-17/h2-8,10,15,19,26H,9,11H2,1H3,(H,27,30). The molecule has 2 aliphatic heterocycles. The van der Waals surface area contributed by atoms with Crippen molar-refractivity contribution < 1.29 is 27.4 Å². The van der Waals surface area contributed by atoms with Gasteiger partial charge in [-0.1, -0.05) is 24.3 Å². The Hall–Kier alpha value is -3.69. The van der Waals surface area contributed by atoms with Crippen LogP contribution in [0.2, 0.25) is 0 Å². The van der Waals surface area contributed by atoms with E-state index in [1.165, 1.54) is 6.07 Å². The number of benzene rings is 2. The van der Waals surface area contributed by atoms with E-state index in [0.717, 1.165) is 10.2 Å². The van der Waals surface area contributed by atoms with E-state index in [1.807, 2.05) is 19.1 Å². The molecule has 1 amide bonds. The first kappa shape index (κ1) is 20.2. The smallest absolute Gasteiger partial charge is 0.410 e. The summed E-state index contributed by atoms with van der Waals surface area (Å²) in [6.07, 6.45) is -4.82. The van der Waals surface area contributed by atoms with Crippen LogP contribution < -0.4 is 20.1 Å². The number of fused-ring (bicyclic) bond motifs is 2. The molecule has 32 heavy (non-hydrogen) atoms. The summed E-state index contributed by atoms with van der Waals surface area (Å²) in [5.74, 6) is 0.585. The summed E-state index contributed by atoms with van der Waals surface area (Å²) in [5, 5.41) is 9.78. The molecule has 2 N–H and O–H groups in total. The van der Waals surface area contributed by atoms with Crippen molar-refractivity contribution in [3.63, 3.8) is 0 Å². The zero-order chi connectivity index (χ0) is 22.5. The maximum absolute atomic E-state index is 13.9. The summed E-state index contributed by atoms with van der Waals surface area (Å²) in [4.78, 5) is 12.7. The molecule has 2 aliphatic rings. The van der Waals surface area contributed by atoms with Crippen LogP contribution in [0.15, 0.2) is 48.5 Å². The number of amides is 1. The van der Waals surface area contributed by atoms with Gasteiger partial charge in [-0.2, -0.15) is 18.3 Å². The summed E-state index contributed by atoms with van der Waals surface area (Å²) in [6, 6.07) is 11.0. The molecule has 2 atom stereocenters. The quantitative estimate of drug-likeness (QED) is 0.605. The van der Waals surface area contributed by atoms with Gasteiger partial charge in [0, 0.05) is 18.2 Å². The Bertz CT molecular complexity index is 1190. The van der Waals surface area contributed by atoms with E-state index in [0.29, 0.717) is 22.7 Å². The SMILES string of the molecule is Cc1ccccc1NC(=O)c1cc2n(n1)C(C(F)(F)F)CC(c1ccc3c(c1)OCO3)N2. The Labute approximate surface area is 181 Å². The topological polar surface area (TPSA) is 77.4 Å². The fraction of sp³-hybridized carbons (Fsp3) is 0.273. The minimum atomic E-state index is -4.54. The van der Waals surface area contributed by atoms with Crippen LogP contribution in [0.1, 0.15) is 40.1 Å². The monoisotopic (exact) mass is 444 g/mol. The molecule has 0 saturated heterocycles. The number of anilines is 2. The normalized spacial score (nSPS) is 19.2. The molecule has 0 fully saturated rings. The molecular formula is C22H19F3N4O3. The Balaban J connectivity index is 1.46. The first-order valence-electron chi connectivity index (χ1n) is 9.99. The second-order valence-electron chi connectivity index (χ2n) is 7.73. The average molecular weight is 444 g/mol. The van der Waals surface area contributed by atoms with Crippen molar-refractivity contribution in [2.75, 3.05) is 17.4 Å². The highest BCUT2D eigenvalue weighted by Gasteiger charge is 2.47. The van der Waals surface area contributed by atoms with Gasteiger partial charge in [0.2, 0.25) is 6.79 Å². The van der Waals surface area contributed by atoms with E-state index in [4.69, 9.17) is 9.47 Å². The van der Waals surface area contributed by atoms with Crippen molar-refractivity contribution in [3.05, 3.63) is 65.4 Å². The predicted octanol–water partition coefficient (Wildman–Crippen LogP) is 4.83. The lowest BCUT2D eigenvalue weighted by atomic mass is 9.96. The van der Waals surface area contributed by atoms with Crippen LogP contribution in [0.5, 0.6) is 11.5 Å². The van der Waals surface area contributed by atoms with Gasteiger partial charge in [0.1, 0.15) is 5.82 Å². The lowest BCUT2D eigenvalue weighted by Gasteiger charge is -2.33. The first-order valence-corrected chi connectivity index (χ1v) is 9.99. The van der Waals surface area contributed by atoms with E-state index in [1.54, 1.807) is 30.3 Å². The Morgan fingerprint density at radius 2 is 1.94 bits per heavy atom. The summed E-state index contributed by atoms with van der Waals surface area (Å²) in [5.41, 5.74) is 1.93. The number of nitrogens with one attached hydrogen (secondary N) is 2. The molecule has 0 saturated carbocycles. The number of ether oxygens (including phenoxy) is 2. The highest BCUT2D eigenvalue weighted by atomic mass is 19.4. The van der Waals surface area contributed by atoms with Crippen LogP contribution in [0.25, 0.3) is 0 Å². The number of halogens is 3. The average Bonchev–Trinajstić information content (AvgIpc) is 3.40. The van der Waals surface area contributed by atoms with Gasteiger partial charge >= 0.3 is 6.18 Å². The second-order valence-corrected chi connectivity index (χ2v) is 7.73. The van der Waals surface area contributed by atoms with Crippen LogP contribution in [0.3, 0.4) is 0 Å². The lowest BCUT2D eigenvalue weighted by molar-refractivity contribution is -0.173. The van der Waals surface area contributed by atoms with E-state index in [-0.39, 0.29) is 24.7 Å². The molecule has 0 spiro atoms. The number of rotatable bonds is 3. The summed E-state index contributed by atoms with van der Waals surface area (Å²) < 4.78 is 53.2. The number of para-hydroxylation sites is 1. The third-order valence-electron chi connectivity index (χ3n) is 5.61. The molecule has 2 aromatic carbocycles. The van der Waals surface area contributed by atoms with E-state index in [9.17, 15) is 18.0 Å². The maximum Gasteiger partial charge on any atom is 0.410 e. The number of hydrogen-bond acceptors (Lipinski definition) is 5. The van der Waals surface area contributed by atoms with Crippen molar-refractivity contribution in [3.8, 4) is 11.5 Å². The number of hydrogen-bond donors (Lipinski definition) is 2. The number of alkyl halides is 3. The highest BCUT2D eigenvalue weighted by molar-refractivity contribution is 6.03. The van der Waals surface area contributed by atoms with Gasteiger partial charge in [-0.3, -0.25) is 4.79 Å². The maximum atomic E-state index is 13.9. The van der Waals surface area contributed by atoms with Gasteiger partial charge in [-0.25, -0.2) is 4.68 Å². The molecule has 2 unspecified atom stereocenters. The van der Waals surface area contributed by atoms with Crippen molar-refractivity contribution in [1.82, 2.24) is 9.78 Å². The Morgan fingerprint density at radius 1 is 1.16 bits per heavy atom. The van der Waals surface area contributed by atoms with Gasteiger partial charge in [-0.05, 0) is 36.2 Å². The summed E-state index contributed by atoms with van der Waals surface area (Å²) >= 11 is 0. The molecule has 0 radical (unpaired) electrons. The zero-order valence-corrected chi connectivity index (χ0v) is 16.9. The molecule has 0 aliphatic carbocycles. The molecule has 166 valence electrons. The Kier molecular flexibility index (Phi) is 4.72. The van der Waals surface area contributed by atoms with Gasteiger partial charge in [0.15, 0.2) is 23.2 Å². The second kappa shape index (κ2) is 7.47. The molecule has 10 heteroatoms. The van der Waals surface area contributed by atoms with Gasteiger partial charge in [0.25, 0.3) is 5.91 Å². The third-order valence-corrected chi connectivity index (χ3v) is 5.61. The van der Waals surface area contributed by atoms with Gasteiger partial charge < -0.3 is 20.1 Å². The molecule has 1 aromatic heterocycles. The third kappa shape index (κ3) is 3.61. The van der Waals surface area contributed by atoms with Crippen molar-refractivity contribution in [1.29, 1.82) is 0 Å². The van der Waals surface area contributed by atoms with Crippen LogP contribution >= 0.6 is 0 Å². The molecule has 7 nitrogen and oxygen atoms in total. The number of carbonyl (C=O) groups is 1. The fourth-order valence-electron chi connectivity index (χ4n) is 3.93. The summed E-state index contributed by atoms with van der Waals surface area (Å²) in [6.45, 7) is 1.90. The van der Waals surface area contributed by atoms with Crippen LogP contribution in [-0.4, -0.2) is 28.7 Å². The minimum absolute atomic E-state index is 0.0776. The van der Waals surface area contributed by atoms with Crippen LogP contribution in [0.4, 0.5) is 24.7 Å².